The zero-order valence-corrected chi connectivity index (χ0v) is 9.13. The van der Waals surface area contributed by atoms with Gasteiger partial charge in [0.05, 0.1) is 6.10 Å². The second kappa shape index (κ2) is 5.09. The maximum absolute atomic E-state index is 11.0. The largest absolute Gasteiger partial charge is 0.479 e. The summed E-state index contributed by atoms with van der Waals surface area (Å²) in [7, 11) is 0. The van der Waals surface area contributed by atoms with Gasteiger partial charge in [-0.1, -0.05) is 37.3 Å². The van der Waals surface area contributed by atoms with Crippen molar-refractivity contribution in [2.75, 3.05) is 0 Å². The molecular weight excluding hydrogens is 208 g/mol. The molecule has 0 aliphatic heterocycles. The lowest BCUT2D eigenvalue weighted by molar-refractivity contribution is -0.171. The molecule has 16 heavy (non-hydrogen) atoms. The highest BCUT2D eigenvalue weighted by molar-refractivity contribution is 5.78. The predicted octanol–water partition coefficient (Wildman–Crippen LogP) is 0.816. The normalized spacial score (nSPS) is 16.4. The number of benzene rings is 1. The molecule has 0 heterocycles. The Balaban J connectivity index is 2.92. The van der Waals surface area contributed by atoms with Gasteiger partial charge >= 0.3 is 5.97 Å². The molecule has 4 nitrogen and oxygen atoms in total. The topological polar surface area (TPSA) is 77.8 Å². The number of carbonyl (C=O) groups is 1. The number of aliphatic carboxylic acids is 1. The molecule has 0 saturated heterocycles. The van der Waals surface area contributed by atoms with Crippen molar-refractivity contribution in [1.82, 2.24) is 0 Å². The van der Waals surface area contributed by atoms with E-state index in [4.69, 9.17) is 5.11 Å². The van der Waals surface area contributed by atoms with Crippen molar-refractivity contribution in [3.8, 4) is 0 Å². The lowest BCUT2D eigenvalue weighted by Crippen LogP contribution is -2.51. The second-order valence-electron chi connectivity index (χ2n) is 3.82. The zero-order valence-electron chi connectivity index (χ0n) is 9.13. The highest BCUT2D eigenvalue weighted by atomic mass is 16.4. The van der Waals surface area contributed by atoms with Crippen molar-refractivity contribution >= 4 is 5.97 Å². The standard InChI is InChI=1S/C12H16O4/c1-2-10(13)12(16,11(14)15)8-9-6-4-3-5-7-9/h3-7,10,13,16H,2,8H2,1H3,(H,14,15). The summed E-state index contributed by atoms with van der Waals surface area (Å²) >= 11 is 0. The molecule has 88 valence electrons. The molecule has 0 aliphatic rings. The summed E-state index contributed by atoms with van der Waals surface area (Å²) in [5.41, 5.74) is -1.43. The quantitative estimate of drug-likeness (QED) is 0.691. The third kappa shape index (κ3) is 2.59. The van der Waals surface area contributed by atoms with Crippen molar-refractivity contribution in [3.05, 3.63) is 35.9 Å². The molecule has 0 radical (unpaired) electrons. The van der Waals surface area contributed by atoms with E-state index in [1.807, 2.05) is 0 Å². The lowest BCUT2D eigenvalue weighted by atomic mass is 9.88. The van der Waals surface area contributed by atoms with Crippen molar-refractivity contribution in [2.24, 2.45) is 0 Å². The maximum atomic E-state index is 11.0. The van der Waals surface area contributed by atoms with Gasteiger partial charge in [0.2, 0.25) is 0 Å². The molecule has 0 aromatic heterocycles. The SMILES string of the molecule is CCC(O)C(O)(Cc1ccccc1)C(=O)O. The number of hydrogen-bond donors (Lipinski definition) is 3. The van der Waals surface area contributed by atoms with Crippen LogP contribution in [0, 0.1) is 0 Å². The number of hydrogen-bond acceptors (Lipinski definition) is 3. The Labute approximate surface area is 94.2 Å². The van der Waals surface area contributed by atoms with Gasteiger partial charge < -0.3 is 15.3 Å². The molecule has 0 aliphatic carbocycles. The van der Waals surface area contributed by atoms with Crippen LogP contribution in [0.5, 0.6) is 0 Å². The van der Waals surface area contributed by atoms with Crippen LogP contribution in [0.25, 0.3) is 0 Å². The van der Waals surface area contributed by atoms with Gasteiger partial charge in [-0.2, -0.15) is 0 Å². The molecule has 0 bridgehead atoms. The first-order valence-electron chi connectivity index (χ1n) is 5.18. The van der Waals surface area contributed by atoms with Crippen LogP contribution in [-0.4, -0.2) is 33.0 Å². The number of rotatable bonds is 5. The van der Waals surface area contributed by atoms with Crippen molar-refractivity contribution in [3.63, 3.8) is 0 Å². The summed E-state index contributed by atoms with van der Waals surface area (Å²) in [6, 6.07) is 8.76. The van der Waals surface area contributed by atoms with E-state index in [0.717, 1.165) is 0 Å². The van der Waals surface area contributed by atoms with Gasteiger partial charge in [-0.15, -0.1) is 0 Å². The molecule has 2 unspecified atom stereocenters. The Kier molecular flexibility index (Phi) is 4.04. The minimum atomic E-state index is -2.11. The van der Waals surface area contributed by atoms with Crippen LogP contribution in [-0.2, 0) is 11.2 Å². The van der Waals surface area contributed by atoms with Crippen LogP contribution in [0.2, 0.25) is 0 Å². The van der Waals surface area contributed by atoms with Crippen molar-refractivity contribution < 1.29 is 20.1 Å². The summed E-state index contributed by atoms with van der Waals surface area (Å²) in [6.45, 7) is 1.63. The van der Waals surface area contributed by atoms with Crippen LogP contribution in [0.15, 0.2) is 30.3 Å². The van der Waals surface area contributed by atoms with Gasteiger partial charge in [-0.3, -0.25) is 0 Å². The summed E-state index contributed by atoms with van der Waals surface area (Å²) < 4.78 is 0. The third-order valence-electron chi connectivity index (χ3n) is 2.62. The van der Waals surface area contributed by atoms with E-state index < -0.39 is 17.7 Å². The summed E-state index contributed by atoms with van der Waals surface area (Å²) in [6.07, 6.45) is -1.18. The number of carboxylic acids is 1. The third-order valence-corrected chi connectivity index (χ3v) is 2.62. The number of aliphatic hydroxyl groups excluding tert-OH is 1. The van der Waals surface area contributed by atoms with Crippen LogP contribution >= 0.6 is 0 Å². The molecule has 0 fully saturated rings. The Morgan fingerprint density at radius 1 is 1.38 bits per heavy atom. The fourth-order valence-electron chi connectivity index (χ4n) is 1.58. The molecule has 1 aromatic rings. The van der Waals surface area contributed by atoms with Crippen LogP contribution in [0.1, 0.15) is 18.9 Å². The molecule has 1 rings (SSSR count). The average Bonchev–Trinajstić information content (AvgIpc) is 2.28. The first kappa shape index (κ1) is 12.7. The second-order valence-corrected chi connectivity index (χ2v) is 3.82. The van der Waals surface area contributed by atoms with Gasteiger partial charge in [0.25, 0.3) is 0 Å². The average molecular weight is 224 g/mol. The molecule has 2 atom stereocenters. The number of carboxylic acid groups (broad SMARTS) is 1. The number of aliphatic hydroxyl groups is 2. The fourth-order valence-corrected chi connectivity index (χ4v) is 1.58. The first-order valence-corrected chi connectivity index (χ1v) is 5.18. The van der Waals surface area contributed by atoms with Crippen LogP contribution in [0.3, 0.4) is 0 Å². The van der Waals surface area contributed by atoms with E-state index in [0.29, 0.717) is 5.56 Å². The molecule has 4 heteroatoms. The monoisotopic (exact) mass is 224 g/mol. The maximum Gasteiger partial charge on any atom is 0.338 e. The minimum Gasteiger partial charge on any atom is -0.479 e. The van der Waals surface area contributed by atoms with E-state index in [1.54, 1.807) is 37.3 Å². The molecule has 3 N–H and O–H groups in total. The Morgan fingerprint density at radius 3 is 2.38 bits per heavy atom. The Hall–Kier alpha value is -1.39. The zero-order chi connectivity index (χ0) is 12.2. The van der Waals surface area contributed by atoms with Gasteiger partial charge in [0, 0.05) is 6.42 Å². The lowest BCUT2D eigenvalue weighted by Gasteiger charge is -2.28. The highest BCUT2D eigenvalue weighted by Gasteiger charge is 2.42. The summed E-state index contributed by atoms with van der Waals surface area (Å²) in [4.78, 5) is 11.0. The molecule has 0 amide bonds. The summed E-state index contributed by atoms with van der Waals surface area (Å²) in [5.74, 6) is -1.40. The van der Waals surface area contributed by atoms with Crippen LogP contribution < -0.4 is 0 Å². The van der Waals surface area contributed by atoms with Gasteiger partial charge in [0.15, 0.2) is 5.60 Å². The highest BCUT2D eigenvalue weighted by Crippen LogP contribution is 2.20. The Morgan fingerprint density at radius 2 is 1.94 bits per heavy atom. The smallest absolute Gasteiger partial charge is 0.338 e. The van der Waals surface area contributed by atoms with Gasteiger partial charge in [-0.05, 0) is 12.0 Å². The van der Waals surface area contributed by atoms with Gasteiger partial charge in [0.1, 0.15) is 0 Å². The predicted molar refractivity (Wildman–Crippen MR) is 59.0 cm³/mol. The van der Waals surface area contributed by atoms with E-state index in [9.17, 15) is 15.0 Å². The first-order chi connectivity index (χ1) is 7.50. The van der Waals surface area contributed by atoms with Crippen molar-refractivity contribution in [2.45, 2.75) is 31.5 Å². The molecule has 1 aromatic carbocycles. The molecular formula is C12H16O4. The Bertz CT molecular complexity index is 349. The minimum absolute atomic E-state index is 0.0990. The van der Waals surface area contributed by atoms with Gasteiger partial charge in [-0.25, -0.2) is 4.79 Å². The summed E-state index contributed by atoms with van der Waals surface area (Å²) in [5, 5.41) is 28.5. The van der Waals surface area contributed by atoms with E-state index in [-0.39, 0.29) is 12.8 Å². The van der Waals surface area contributed by atoms with E-state index >= 15 is 0 Å². The molecule has 0 spiro atoms. The molecule has 0 saturated carbocycles. The van der Waals surface area contributed by atoms with Crippen molar-refractivity contribution in [1.29, 1.82) is 0 Å². The van der Waals surface area contributed by atoms with Crippen LogP contribution in [0.4, 0.5) is 0 Å². The van der Waals surface area contributed by atoms with E-state index in [1.165, 1.54) is 0 Å². The van der Waals surface area contributed by atoms with E-state index in [2.05, 4.69) is 0 Å². The fraction of sp³-hybridized carbons (Fsp3) is 0.417.